The first kappa shape index (κ1) is 11.1. The van der Waals surface area contributed by atoms with Crippen molar-refractivity contribution in [2.24, 2.45) is 0 Å². The van der Waals surface area contributed by atoms with Gasteiger partial charge in [-0.3, -0.25) is 4.79 Å². The van der Waals surface area contributed by atoms with Gasteiger partial charge in [-0.05, 0) is 37.1 Å². The molecule has 2 heterocycles. The van der Waals surface area contributed by atoms with Gasteiger partial charge in [0.25, 0.3) is 0 Å². The van der Waals surface area contributed by atoms with Gasteiger partial charge in [0.1, 0.15) is 0 Å². The fourth-order valence-electron chi connectivity index (χ4n) is 2.81. The molecule has 0 saturated carbocycles. The number of aromatic amines is 1. The van der Waals surface area contributed by atoms with E-state index < -0.39 is 5.97 Å². The summed E-state index contributed by atoms with van der Waals surface area (Å²) in [5.74, 6) is -0.713. The minimum absolute atomic E-state index is 0.138. The summed E-state index contributed by atoms with van der Waals surface area (Å²) in [7, 11) is 0. The van der Waals surface area contributed by atoms with Crippen molar-refractivity contribution in [1.82, 2.24) is 4.98 Å². The minimum atomic E-state index is -0.713. The zero-order valence-electron chi connectivity index (χ0n) is 10.1. The first-order valence-corrected chi connectivity index (χ1v) is 6.29. The second kappa shape index (κ2) is 4.37. The summed E-state index contributed by atoms with van der Waals surface area (Å²) in [6.45, 7) is 0.952. The Morgan fingerprint density at radius 3 is 3.17 bits per heavy atom. The van der Waals surface area contributed by atoms with Gasteiger partial charge in [0.05, 0.1) is 6.42 Å². The average molecular weight is 244 g/mol. The molecule has 3 rings (SSSR count). The van der Waals surface area contributed by atoms with Crippen molar-refractivity contribution >= 4 is 22.6 Å². The van der Waals surface area contributed by atoms with Gasteiger partial charge in [0.2, 0.25) is 0 Å². The van der Waals surface area contributed by atoms with E-state index in [0.717, 1.165) is 30.6 Å². The Morgan fingerprint density at radius 1 is 1.44 bits per heavy atom. The predicted molar refractivity (Wildman–Crippen MR) is 70.9 cm³/mol. The number of nitrogens with one attached hydrogen (secondary N) is 1. The third kappa shape index (κ3) is 1.94. The highest BCUT2D eigenvalue weighted by molar-refractivity contribution is 5.83. The van der Waals surface area contributed by atoms with Crippen LogP contribution in [0.1, 0.15) is 19.3 Å². The number of fused-ring (bicyclic) bond motifs is 1. The Balaban J connectivity index is 1.90. The van der Waals surface area contributed by atoms with Crippen molar-refractivity contribution in [2.45, 2.75) is 25.3 Å². The molecule has 1 unspecified atom stereocenters. The number of nitrogens with zero attached hydrogens (tertiary/aromatic N) is 1. The van der Waals surface area contributed by atoms with Crippen LogP contribution in [0.3, 0.4) is 0 Å². The molecule has 4 nitrogen and oxygen atoms in total. The van der Waals surface area contributed by atoms with E-state index in [1.165, 1.54) is 5.39 Å². The molecular formula is C14H16N2O2. The molecule has 0 bridgehead atoms. The Bertz CT molecular complexity index is 576. The van der Waals surface area contributed by atoms with Crippen molar-refractivity contribution in [3.05, 3.63) is 30.5 Å². The fourth-order valence-corrected chi connectivity index (χ4v) is 2.81. The van der Waals surface area contributed by atoms with Crippen LogP contribution in [0.4, 0.5) is 5.69 Å². The van der Waals surface area contributed by atoms with Crippen LogP contribution >= 0.6 is 0 Å². The summed E-state index contributed by atoms with van der Waals surface area (Å²) < 4.78 is 0. The molecule has 1 aromatic heterocycles. The lowest BCUT2D eigenvalue weighted by Gasteiger charge is -2.25. The number of rotatable bonds is 3. The molecule has 18 heavy (non-hydrogen) atoms. The van der Waals surface area contributed by atoms with E-state index in [-0.39, 0.29) is 12.5 Å². The number of carboxylic acid groups (broad SMARTS) is 1. The van der Waals surface area contributed by atoms with Gasteiger partial charge >= 0.3 is 5.97 Å². The van der Waals surface area contributed by atoms with Crippen molar-refractivity contribution in [2.75, 3.05) is 11.4 Å². The maximum Gasteiger partial charge on any atom is 0.305 e. The summed E-state index contributed by atoms with van der Waals surface area (Å²) in [6.07, 6.45) is 4.19. The van der Waals surface area contributed by atoms with E-state index in [1.807, 2.05) is 12.3 Å². The highest BCUT2D eigenvalue weighted by Crippen LogP contribution is 2.29. The zero-order chi connectivity index (χ0) is 12.5. The van der Waals surface area contributed by atoms with Crippen molar-refractivity contribution in [1.29, 1.82) is 0 Å². The van der Waals surface area contributed by atoms with Crippen LogP contribution in [-0.4, -0.2) is 28.6 Å². The predicted octanol–water partition coefficient (Wildman–Crippen LogP) is 2.61. The SMILES string of the molecule is O=C(O)CC1CCCN1c1ccc2[nH]ccc2c1. The molecule has 0 spiro atoms. The largest absolute Gasteiger partial charge is 0.481 e. The average Bonchev–Trinajstić information content (AvgIpc) is 2.95. The lowest BCUT2D eigenvalue weighted by Crippen LogP contribution is -2.31. The molecular weight excluding hydrogens is 228 g/mol. The minimum Gasteiger partial charge on any atom is -0.481 e. The van der Waals surface area contributed by atoms with Gasteiger partial charge in [-0.25, -0.2) is 0 Å². The Morgan fingerprint density at radius 2 is 2.33 bits per heavy atom. The van der Waals surface area contributed by atoms with E-state index in [4.69, 9.17) is 5.11 Å². The van der Waals surface area contributed by atoms with Crippen LogP contribution < -0.4 is 4.90 Å². The number of anilines is 1. The molecule has 1 aromatic carbocycles. The molecule has 1 saturated heterocycles. The topological polar surface area (TPSA) is 56.3 Å². The highest BCUT2D eigenvalue weighted by Gasteiger charge is 2.26. The summed E-state index contributed by atoms with van der Waals surface area (Å²) >= 11 is 0. The molecule has 2 aromatic rings. The number of aromatic nitrogens is 1. The van der Waals surface area contributed by atoms with Crippen molar-refractivity contribution in [3.63, 3.8) is 0 Å². The van der Waals surface area contributed by atoms with Gasteiger partial charge in [-0.2, -0.15) is 0 Å². The third-order valence-corrected chi connectivity index (χ3v) is 3.66. The molecule has 2 N–H and O–H groups in total. The molecule has 1 aliphatic heterocycles. The second-order valence-corrected chi connectivity index (χ2v) is 4.84. The Hall–Kier alpha value is -1.97. The first-order chi connectivity index (χ1) is 8.74. The smallest absolute Gasteiger partial charge is 0.305 e. The molecule has 1 fully saturated rings. The first-order valence-electron chi connectivity index (χ1n) is 6.29. The number of H-pyrrole nitrogens is 1. The van der Waals surface area contributed by atoms with Gasteiger partial charge < -0.3 is 15.0 Å². The van der Waals surface area contributed by atoms with Gasteiger partial charge in [-0.15, -0.1) is 0 Å². The van der Waals surface area contributed by atoms with Crippen molar-refractivity contribution < 1.29 is 9.90 Å². The van der Waals surface area contributed by atoms with E-state index in [1.54, 1.807) is 0 Å². The van der Waals surface area contributed by atoms with E-state index in [9.17, 15) is 4.79 Å². The van der Waals surface area contributed by atoms with Gasteiger partial charge in [-0.1, -0.05) is 0 Å². The van der Waals surface area contributed by atoms with E-state index in [2.05, 4.69) is 28.1 Å². The lowest BCUT2D eigenvalue weighted by atomic mass is 10.1. The molecule has 0 aliphatic carbocycles. The number of carboxylic acids is 1. The van der Waals surface area contributed by atoms with E-state index >= 15 is 0 Å². The summed E-state index contributed by atoms with van der Waals surface area (Å²) in [4.78, 5) is 16.3. The fraction of sp³-hybridized carbons (Fsp3) is 0.357. The zero-order valence-corrected chi connectivity index (χ0v) is 10.1. The molecule has 0 amide bonds. The number of benzene rings is 1. The third-order valence-electron chi connectivity index (χ3n) is 3.66. The highest BCUT2D eigenvalue weighted by atomic mass is 16.4. The Kier molecular flexibility index (Phi) is 2.70. The van der Waals surface area contributed by atoms with Gasteiger partial charge in [0, 0.05) is 35.4 Å². The van der Waals surface area contributed by atoms with Crippen LogP contribution in [0.5, 0.6) is 0 Å². The molecule has 0 radical (unpaired) electrons. The summed E-state index contributed by atoms with van der Waals surface area (Å²) in [5.41, 5.74) is 2.25. The summed E-state index contributed by atoms with van der Waals surface area (Å²) in [5, 5.41) is 10.1. The van der Waals surface area contributed by atoms with Crippen LogP contribution in [0.15, 0.2) is 30.5 Å². The quantitative estimate of drug-likeness (QED) is 0.872. The summed E-state index contributed by atoms with van der Waals surface area (Å²) in [6, 6.07) is 8.44. The molecule has 1 aliphatic rings. The van der Waals surface area contributed by atoms with Crippen LogP contribution in [0, 0.1) is 0 Å². The number of aliphatic carboxylic acids is 1. The van der Waals surface area contributed by atoms with Crippen LogP contribution in [0.2, 0.25) is 0 Å². The number of hydrogen-bond acceptors (Lipinski definition) is 2. The normalized spacial score (nSPS) is 19.6. The molecule has 4 heteroatoms. The molecule has 1 atom stereocenters. The molecule has 94 valence electrons. The van der Waals surface area contributed by atoms with E-state index in [0.29, 0.717) is 0 Å². The van der Waals surface area contributed by atoms with Crippen LogP contribution in [-0.2, 0) is 4.79 Å². The lowest BCUT2D eigenvalue weighted by molar-refractivity contribution is -0.137. The maximum atomic E-state index is 10.9. The van der Waals surface area contributed by atoms with Gasteiger partial charge in [0.15, 0.2) is 0 Å². The van der Waals surface area contributed by atoms with Crippen LogP contribution in [0.25, 0.3) is 10.9 Å². The number of hydrogen-bond donors (Lipinski definition) is 2. The monoisotopic (exact) mass is 244 g/mol. The number of carbonyl (C=O) groups is 1. The Labute approximate surface area is 105 Å². The second-order valence-electron chi connectivity index (χ2n) is 4.84. The maximum absolute atomic E-state index is 10.9. The standard InChI is InChI=1S/C14H16N2O2/c17-14(18)9-11-2-1-7-16(11)12-3-4-13-10(8-12)5-6-15-13/h3-6,8,11,15H,1-2,7,9H2,(H,17,18). The van der Waals surface area contributed by atoms with Crippen molar-refractivity contribution in [3.8, 4) is 0 Å².